The average molecular weight is 425 g/mol. The first-order chi connectivity index (χ1) is 11.6. The van der Waals surface area contributed by atoms with Gasteiger partial charge in [-0.05, 0) is 23.5 Å². The number of hydrogen-bond acceptors (Lipinski definition) is 3. The molecule has 0 amide bonds. The molecule has 0 fully saturated rings. The minimum Gasteiger partial charge on any atom is -0.465 e. The van der Waals surface area contributed by atoms with Crippen molar-refractivity contribution in [3.8, 4) is 0 Å². The summed E-state index contributed by atoms with van der Waals surface area (Å²) in [7, 11) is -4.71. The van der Waals surface area contributed by atoms with Gasteiger partial charge in [0.2, 0.25) is 9.04 Å². The maximum atomic E-state index is 6.53. The van der Waals surface area contributed by atoms with Gasteiger partial charge in [-0.3, -0.25) is 0 Å². The molecule has 0 atom stereocenters. The lowest BCUT2D eigenvalue weighted by atomic mass is 10.4. The Morgan fingerprint density at radius 2 is 1.38 bits per heavy atom. The topological polar surface area (TPSA) is 27.7 Å². The van der Waals surface area contributed by atoms with Crippen molar-refractivity contribution in [2.75, 3.05) is 0 Å². The van der Waals surface area contributed by atoms with Crippen molar-refractivity contribution in [1.82, 2.24) is 0 Å². The first-order valence-corrected chi connectivity index (χ1v) is 23.1. The van der Waals surface area contributed by atoms with Crippen molar-refractivity contribution < 1.29 is 12.3 Å². The quantitative estimate of drug-likeness (QED) is 0.346. The van der Waals surface area contributed by atoms with E-state index in [4.69, 9.17) is 12.3 Å². The number of rotatable bonds is 10. The highest BCUT2D eigenvalue weighted by molar-refractivity contribution is 7.21. The molecule has 130 valence electrons. The normalized spacial score (nSPS) is 13.8. The monoisotopic (exact) mass is 424 g/mol. The summed E-state index contributed by atoms with van der Waals surface area (Å²) in [6.45, 7) is 6.87. The second-order valence-corrected chi connectivity index (χ2v) is 26.2. The SMILES string of the molecule is C[SiH2]O[SiH2][Si](C)(C)O[SiH2][SiH2]O[SiH](c1ccccc1)c1ccccc1. The highest BCUT2D eigenvalue weighted by atomic mass is 29.2. The molecule has 24 heavy (non-hydrogen) atoms. The minimum absolute atomic E-state index is 0.258. The van der Waals surface area contributed by atoms with Crippen LogP contribution in [0, 0.1) is 0 Å². The molecule has 2 aromatic rings. The van der Waals surface area contributed by atoms with Crippen molar-refractivity contribution >= 4 is 64.9 Å². The van der Waals surface area contributed by atoms with E-state index in [1.165, 1.54) is 10.4 Å². The molecule has 0 N–H and O–H groups in total. The summed E-state index contributed by atoms with van der Waals surface area (Å²) in [5.41, 5.74) is 0. The molecule has 3 nitrogen and oxygen atoms in total. The Morgan fingerprint density at radius 3 is 1.88 bits per heavy atom. The molecule has 0 unspecified atom stereocenters. The van der Waals surface area contributed by atoms with E-state index in [0.717, 1.165) is 0 Å². The van der Waals surface area contributed by atoms with Crippen molar-refractivity contribution in [2.45, 2.75) is 19.6 Å². The van der Waals surface area contributed by atoms with Crippen LogP contribution < -0.4 is 10.4 Å². The van der Waals surface area contributed by atoms with Gasteiger partial charge in [0, 0.05) is 0 Å². The van der Waals surface area contributed by atoms with Gasteiger partial charge >= 0.3 is 0 Å². The maximum Gasteiger partial charge on any atom is 0.228 e. The summed E-state index contributed by atoms with van der Waals surface area (Å²) in [5, 5.41) is 2.74. The van der Waals surface area contributed by atoms with Gasteiger partial charge in [-0.1, -0.05) is 67.2 Å². The van der Waals surface area contributed by atoms with E-state index in [1.54, 1.807) is 0 Å². The molecule has 0 aliphatic carbocycles. The van der Waals surface area contributed by atoms with E-state index >= 15 is 0 Å². The molecule has 0 saturated heterocycles. The third kappa shape index (κ3) is 6.86. The zero-order valence-corrected chi connectivity index (χ0v) is 22.7. The Kier molecular flexibility index (Phi) is 8.79. The average Bonchev–Trinajstić information content (AvgIpc) is 2.61. The first kappa shape index (κ1) is 19.9. The standard InChI is InChI=1S/C15H28O3Si6/c1-19-16-22-24(2,3)18-21-20-17-23(14-10-6-4-7-11-14)15-12-8-5-9-13-15/h4-13,23H,19-22H2,1-3H3. The fourth-order valence-electron chi connectivity index (χ4n) is 2.51. The number of benzene rings is 2. The third-order valence-electron chi connectivity index (χ3n) is 3.72. The van der Waals surface area contributed by atoms with E-state index in [-0.39, 0.29) is 9.76 Å². The van der Waals surface area contributed by atoms with E-state index in [9.17, 15) is 0 Å². The summed E-state index contributed by atoms with van der Waals surface area (Å²) < 4.78 is 18.7. The summed E-state index contributed by atoms with van der Waals surface area (Å²) in [6.07, 6.45) is 0. The predicted molar refractivity (Wildman–Crippen MR) is 120 cm³/mol. The molecule has 0 spiro atoms. The Balaban J connectivity index is 1.93. The van der Waals surface area contributed by atoms with Gasteiger partial charge in [-0.25, -0.2) is 0 Å². The van der Waals surface area contributed by atoms with Crippen LogP contribution in [-0.4, -0.2) is 54.5 Å². The van der Waals surface area contributed by atoms with Crippen molar-refractivity contribution in [3.63, 3.8) is 0 Å². The van der Waals surface area contributed by atoms with Gasteiger partial charge in [-0.15, -0.1) is 0 Å². The third-order valence-corrected chi connectivity index (χ3v) is 25.4. The molecular formula is C15H28O3Si6. The van der Waals surface area contributed by atoms with Crippen molar-refractivity contribution in [1.29, 1.82) is 0 Å². The predicted octanol–water partition coefficient (Wildman–Crippen LogP) is -1.43. The Labute approximate surface area is 157 Å². The molecule has 2 aromatic carbocycles. The second kappa shape index (κ2) is 10.6. The van der Waals surface area contributed by atoms with Crippen LogP contribution in [0.4, 0.5) is 0 Å². The zero-order chi connectivity index (χ0) is 17.3. The molecule has 0 heterocycles. The van der Waals surface area contributed by atoms with Crippen LogP contribution in [0.2, 0.25) is 19.6 Å². The molecule has 2 rings (SSSR count). The molecule has 9 heteroatoms. The largest absolute Gasteiger partial charge is 0.465 e. The summed E-state index contributed by atoms with van der Waals surface area (Å²) in [5.74, 6) is 0. The highest BCUT2D eigenvalue weighted by Gasteiger charge is 2.23. The molecule has 0 aliphatic heterocycles. The van der Waals surface area contributed by atoms with Gasteiger partial charge in [0.1, 0.15) is 9.76 Å². The van der Waals surface area contributed by atoms with Crippen molar-refractivity contribution in [2.24, 2.45) is 0 Å². The van der Waals surface area contributed by atoms with Gasteiger partial charge in [0.25, 0.3) is 0 Å². The lowest BCUT2D eigenvalue weighted by Crippen LogP contribution is -2.48. The van der Waals surface area contributed by atoms with E-state index in [2.05, 4.69) is 80.3 Å². The molecule has 0 radical (unpaired) electrons. The van der Waals surface area contributed by atoms with Gasteiger partial charge in [-0.2, -0.15) is 0 Å². The van der Waals surface area contributed by atoms with Gasteiger partial charge in [0.05, 0.1) is 0 Å². The smallest absolute Gasteiger partial charge is 0.228 e. The lowest BCUT2D eigenvalue weighted by molar-refractivity contribution is 0.587. The molecule has 0 saturated carbocycles. The molecule has 0 aromatic heterocycles. The maximum absolute atomic E-state index is 6.53. The van der Waals surface area contributed by atoms with Gasteiger partial charge in [0.15, 0.2) is 35.7 Å². The Bertz CT molecular complexity index is 545. The summed E-state index contributed by atoms with van der Waals surface area (Å²) in [4.78, 5) is 0. The summed E-state index contributed by atoms with van der Waals surface area (Å²) >= 11 is 0. The molecule has 0 aliphatic rings. The van der Waals surface area contributed by atoms with Crippen LogP contribution in [-0.2, 0) is 12.3 Å². The summed E-state index contributed by atoms with van der Waals surface area (Å²) in [6, 6.07) is 21.5. The molecule has 0 bridgehead atoms. The van der Waals surface area contributed by atoms with E-state index in [1.807, 2.05) is 0 Å². The van der Waals surface area contributed by atoms with E-state index in [0.29, 0.717) is 0 Å². The van der Waals surface area contributed by atoms with Crippen molar-refractivity contribution in [3.05, 3.63) is 60.7 Å². The van der Waals surface area contributed by atoms with E-state index < -0.39 is 44.7 Å². The second-order valence-electron chi connectivity index (χ2n) is 6.32. The lowest BCUT2D eigenvalue weighted by Gasteiger charge is -2.23. The van der Waals surface area contributed by atoms with Crippen LogP contribution in [0.25, 0.3) is 0 Å². The van der Waals surface area contributed by atoms with Crippen LogP contribution in [0.15, 0.2) is 60.7 Å². The van der Waals surface area contributed by atoms with Crippen LogP contribution in [0.1, 0.15) is 0 Å². The number of hydrogen-bond donors (Lipinski definition) is 0. The Hall–Kier alpha value is -0.379. The van der Waals surface area contributed by atoms with Crippen LogP contribution >= 0.6 is 0 Å². The Morgan fingerprint density at radius 1 is 0.833 bits per heavy atom. The molecular weight excluding hydrogens is 397 g/mol. The minimum atomic E-state index is -1.54. The van der Waals surface area contributed by atoms with Crippen LogP contribution in [0.3, 0.4) is 0 Å². The van der Waals surface area contributed by atoms with Gasteiger partial charge < -0.3 is 12.3 Å². The fourth-order valence-corrected chi connectivity index (χ4v) is 32.2. The van der Waals surface area contributed by atoms with Crippen LogP contribution in [0.5, 0.6) is 0 Å². The highest BCUT2D eigenvalue weighted by Crippen LogP contribution is 2.01. The first-order valence-electron chi connectivity index (χ1n) is 8.55. The zero-order valence-electron chi connectivity index (χ0n) is 14.9. The fraction of sp³-hybridized carbons (Fsp3) is 0.200.